The Morgan fingerprint density at radius 3 is 2.85 bits per heavy atom. The molecule has 1 aliphatic heterocycles. The first-order valence-corrected chi connectivity index (χ1v) is 4.16. The van der Waals surface area contributed by atoms with Crippen molar-refractivity contribution in [1.82, 2.24) is 5.32 Å². The van der Waals surface area contributed by atoms with E-state index in [2.05, 4.69) is 11.4 Å². The predicted octanol–water partition coefficient (Wildman–Crippen LogP) is 1.17. The van der Waals surface area contributed by atoms with Crippen molar-refractivity contribution in [2.24, 2.45) is 0 Å². The maximum atomic E-state index is 8.85. The van der Waals surface area contributed by atoms with E-state index in [1.807, 2.05) is 12.1 Å². The largest absolute Gasteiger partial charge is 0.496 e. The van der Waals surface area contributed by atoms with E-state index in [4.69, 9.17) is 10.00 Å². The molecule has 1 aromatic carbocycles. The van der Waals surface area contributed by atoms with Crippen LogP contribution in [0.25, 0.3) is 0 Å². The van der Waals surface area contributed by atoms with Crippen LogP contribution in [-0.2, 0) is 13.1 Å². The van der Waals surface area contributed by atoms with Crippen molar-refractivity contribution in [3.8, 4) is 11.8 Å². The normalized spacial score (nSPS) is 13.5. The molecule has 3 nitrogen and oxygen atoms in total. The van der Waals surface area contributed by atoms with E-state index in [0.717, 1.165) is 35.5 Å². The second kappa shape index (κ2) is 3.08. The maximum Gasteiger partial charge on any atom is 0.123 e. The first-order valence-electron chi connectivity index (χ1n) is 4.16. The van der Waals surface area contributed by atoms with Crippen LogP contribution in [0.3, 0.4) is 0 Å². The molecule has 0 fully saturated rings. The number of nitrogens with zero attached hydrogens (tertiary/aromatic N) is 1. The van der Waals surface area contributed by atoms with Gasteiger partial charge in [0.05, 0.1) is 18.7 Å². The van der Waals surface area contributed by atoms with Crippen LogP contribution in [0.15, 0.2) is 12.1 Å². The monoisotopic (exact) mass is 174 g/mol. The van der Waals surface area contributed by atoms with E-state index < -0.39 is 0 Å². The van der Waals surface area contributed by atoms with Crippen molar-refractivity contribution in [1.29, 1.82) is 5.26 Å². The first kappa shape index (κ1) is 8.09. The van der Waals surface area contributed by atoms with E-state index in [1.165, 1.54) is 0 Å². The number of hydrogen-bond acceptors (Lipinski definition) is 3. The SMILES string of the molecule is COc1ccc(C#N)c2c1CNC2. The molecule has 0 unspecified atom stereocenters. The van der Waals surface area contributed by atoms with E-state index in [9.17, 15) is 0 Å². The zero-order chi connectivity index (χ0) is 9.26. The second-order valence-electron chi connectivity index (χ2n) is 2.99. The Kier molecular flexibility index (Phi) is 1.91. The van der Waals surface area contributed by atoms with Crippen LogP contribution in [0.2, 0.25) is 0 Å². The highest BCUT2D eigenvalue weighted by Gasteiger charge is 2.18. The lowest BCUT2D eigenvalue weighted by Gasteiger charge is -2.06. The summed E-state index contributed by atoms with van der Waals surface area (Å²) >= 11 is 0. The van der Waals surface area contributed by atoms with Crippen LogP contribution in [0.5, 0.6) is 5.75 Å². The van der Waals surface area contributed by atoms with Crippen molar-refractivity contribution >= 4 is 0 Å². The molecule has 66 valence electrons. The molecule has 0 amide bonds. The van der Waals surface area contributed by atoms with Crippen LogP contribution in [0, 0.1) is 11.3 Å². The molecule has 3 heteroatoms. The van der Waals surface area contributed by atoms with Gasteiger partial charge in [-0.25, -0.2) is 0 Å². The summed E-state index contributed by atoms with van der Waals surface area (Å²) in [6, 6.07) is 5.84. The summed E-state index contributed by atoms with van der Waals surface area (Å²) in [5.74, 6) is 0.874. The minimum Gasteiger partial charge on any atom is -0.496 e. The maximum absolute atomic E-state index is 8.85. The third kappa shape index (κ3) is 1.16. The average Bonchev–Trinajstić information content (AvgIpc) is 2.64. The topological polar surface area (TPSA) is 45.0 Å². The van der Waals surface area contributed by atoms with Gasteiger partial charge in [-0.3, -0.25) is 0 Å². The molecular weight excluding hydrogens is 164 g/mol. The minimum atomic E-state index is 0.751. The lowest BCUT2D eigenvalue weighted by atomic mass is 10.0. The van der Waals surface area contributed by atoms with Gasteiger partial charge in [0.25, 0.3) is 0 Å². The van der Waals surface area contributed by atoms with E-state index in [1.54, 1.807) is 7.11 Å². The highest BCUT2D eigenvalue weighted by atomic mass is 16.5. The Morgan fingerprint density at radius 1 is 1.38 bits per heavy atom. The van der Waals surface area contributed by atoms with Crippen molar-refractivity contribution in [2.75, 3.05) is 7.11 Å². The second-order valence-corrected chi connectivity index (χ2v) is 2.99. The molecule has 2 rings (SSSR count). The number of nitriles is 1. The van der Waals surface area contributed by atoms with E-state index >= 15 is 0 Å². The Labute approximate surface area is 76.9 Å². The van der Waals surface area contributed by atoms with Gasteiger partial charge in [-0.1, -0.05) is 0 Å². The van der Waals surface area contributed by atoms with Crippen molar-refractivity contribution < 1.29 is 4.74 Å². The summed E-state index contributed by atoms with van der Waals surface area (Å²) in [5.41, 5.74) is 2.96. The molecule has 1 aromatic rings. The molecule has 0 aliphatic carbocycles. The quantitative estimate of drug-likeness (QED) is 0.695. The van der Waals surface area contributed by atoms with Gasteiger partial charge in [0.2, 0.25) is 0 Å². The number of benzene rings is 1. The minimum absolute atomic E-state index is 0.751. The zero-order valence-corrected chi connectivity index (χ0v) is 7.42. The fraction of sp³-hybridized carbons (Fsp3) is 0.300. The lowest BCUT2D eigenvalue weighted by molar-refractivity contribution is 0.410. The molecule has 0 atom stereocenters. The molecule has 0 saturated carbocycles. The molecule has 0 radical (unpaired) electrons. The Hall–Kier alpha value is -1.53. The van der Waals surface area contributed by atoms with Crippen LogP contribution in [-0.4, -0.2) is 7.11 Å². The van der Waals surface area contributed by atoms with Crippen LogP contribution in [0.4, 0.5) is 0 Å². The van der Waals surface area contributed by atoms with Crippen molar-refractivity contribution in [2.45, 2.75) is 13.1 Å². The molecule has 0 aromatic heterocycles. The zero-order valence-electron chi connectivity index (χ0n) is 7.42. The lowest BCUT2D eigenvalue weighted by Crippen LogP contribution is -2.00. The molecule has 1 aliphatic rings. The third-order valence-electron chi connectivity index (χ3n) is 2.33. The fourth-order valence-corrected chi connectivity index (χ4v) is 1.68. The van der Waals surface area contributed by atoms with Gasteiger partial charge < -0.3 is 10.1 Å². The number of methoxy groups -OCH3 is 1. The number of fused-ring (bicyclic) bond motifs is 1. The molecule has 13 heavy (non-hydrogen) atoms. The third-order valence-corrected chi connectivity index (χ3v) is 2.33. The summed E-state index contributed by atoms with van der Waals surface area (Å²) in [6.45, 7) is 1.57. The summed E-state index contributed by atoms with van der Waals surface area (Å²) in [7, 11) is 1.65. The molecule has 1 N–H and O–H groups in total. The van der Waals surface area contributed by atoms with Gasteiger partial charge in [-0.05, 0) is 17.7 Å². The predicted molar refractivity (Wildman–Crippen MR) is 48.3 cm³/mol. The summed E-state index contributed by atoms with van der Waals surface area (Å²) in [5, 5.41) is 12.1. The Bertz CT molecular complexity index is 379. The average molecular weight is 174 g/mol. The summed E-state index contributed by atoms with van der Waals surface area (Å²) < 4.78 is 5.21. The fourth-order valence-electron chi connectivity index (χ4n) is 1.68. The Morgan fingerprint density at radius 2 is 2.15 bits per heavy atom. The van der Waals surface area contributed by atoms with Crippen LogP contribution >= 0.6 is 0 Å². The number of rotatable bonds is 1. The van der Waals surface area contributed by atoms with Crippen molar-refractivity contribution in [3.63, 3.8) is 0 Å². The van der Waals surface area contributed by atoms with Crippen molar-refractivity contribution in [3.05, 3.63) is 28.8 Å². The Balaban J connectivity index is 2.60. The summed E-state index contributed by atoms with van der Waals surface area (Å²) in [6.07, 6.45) is 0. The molecular formula is C10H10N2O. The highest BCUT2D eigenvalue weighted by Crippen LogP contribution is 2.28. The number of nitrogens with one attached hydrogen (secondary N) is 1. The van der Waals surface area contributed by atoms with E-state index in [-0.39, 0.29) is 0 Å². The summed E-state index contributed by atoms with van der Waals surface area (Å²) in [4.78, 5) is 0. The van der Waals surface area contributed by atoms with Gasteiger partial charge in [0.15, 0.2) is 0 Å². The standard InChI is InChI=1S/C10H10N2O/c1-13-10-3-2-7(4-11)8-5-12-6-9(8)10/h2-3,12H,5-6H2,1H3. The van der Waals surface area contributed by atoms with Gasteiger partial charge in [-0.15, -0.1) is 0 Å². The number of hydrogen-bond donors (Lipinski definition) is 1. The van der Waals surface area contributed by atoms with Gasteiger partial charge in [0, 0.05) is 18.7 Å². The highest BCUT2D eigenvalue weighted by molar-refractivity contribution is 5.51. The smallest absolute Gasteiger partial charge is 0.123 e. The van der Waals surface area contributed by atoms with Gasteiger partial charge in [-0.2, -0.15) is 5.26 Å². The molecule has 1 heterocycles. The molecule has 0 spiro atoms. The molecule has 0 saturated heterocycles. The van der Waals surface area contributed by atoms with Gasteiger partial charge >= 0.3 is 0 Å². The number of ether oxygens (including phenoxy) is 1. The first-order chi connectivity index (χ1) is 6.36. The molecule has 0 bridgehead atoms. The van der Waals surface area contributed by atoms with Crippen LogP contribution in [0.1, 0.15) is 16.7 Å². The van der Waals surface area contributed by atoms with Crippen LogP contribution < -0.4 is 10.1 Å². The van der Waals surface area contributed by atoms with E-state index in [0.29, 0.717) is 0 Å². The van der Waals surface area contributed by atoms with Gasteiger partial charge in [0.1, 0.15) is 5.75 Å².